The van der Waals surface area contributed by atoms with Crippen molar-refractivity contribution in [1.82, 2.24) is 0 Å². The predicted molar refractivity (Wildman–Crippen MR) is 46.2 cm³/mol. The second-order valence-corrected chi connectivity index (χ2v) is 3.74. The van der Waals surface area contributed by atoms with Crippen LogP contribution in [0, 0.1) is 11.3 Å². The molecule has 4 heteroatoms. The quantitative estimate of drug-likeness (QED) is 0.592. The van der Waals surface area contributed by atoms with E-state index in [0.29, 0.717) is 12.8 Å². The number of aliphatic carboxylic acids is 1. The summed E-state index contributed by atoms with van der Waals surface area (Å²) < 4.78 is 0. The molecule has 0 spiro atoms. The van der Waals surface area contributed by atoms with Crippen molar-refractivity contribution in [2.75, 3.05) is 13.2 Å². The van der Waals surface area contributed by atoms with Crippen molar-refractivity contribution < 1.29 is 20.1 Å². The number of carboxylic acid groups (broad SMARTS) is 1. The van der Waals surface area contributed by atoms with E-state index in [-0.39, 0.29) is 19.1 Å². The van der Waals surface area contributed by atoms with E-state index in [9.17, 15) is 4.79 Å². The smallest absolute Gasteiger partial charge is 0.312 e. The van der Waals surface area contributed by atoms with Crippen molar-refractivity contribution in [3.63, 3.8) is 0 Å². The Bertz CT molecular complexity index is 192. The fourth-order valence-electron chi connectivity index (χ4n) is 2.13. The van der Waals surface area contributed by atoms with Crippen molar-refractivity contribution in [1.29, 1.82) is 0 Å². The number of carboxylic acids is 1. The topological polar surface area (TPSA) is 77.8 Å². The highest BCUT2D eigenvalue weighted by molar-refractivity contribution is 5.75. The lowest BCUT2D eigenvalue weighted by Crippen LogP contribution is -2.45. The SMILES string of the molecule is O=C(O)C1(CO)CCCCC1CO. The van der Waals surface area contributed by atoms with Gasteiger partial charge < -0.3 is 15.3 Å². The lowest BCUT2D eigenvalue weighted by atomic mass is 9.67. The Morgan fingerprint density at radius 2 is 2.08 bits per heavy atom. The van der Waals surface area contributed by atoms with Crippen LogP contribution in [-0.2, 0) is 4.79 Å². The first kappa shape index (κ1) is 10.5. The van der Waals surface area contributed by atoms with Crippen molar-refractivity contribution in [2.24, 2.45) is 11.3 Å². The second kappa shape index (κ2) is 4.07. The molecular formula is C9H16O4. The molecule has 0 aromatic rings. The predicted octanol–water partition coefficient (Wildman–Crippen LogP) is 0.232. The van der Waals surface area contributed by atoms with Crippen LogP contribution in [0.3, 0.4) is 0 Å². The van der Waals surface area contributed by atoms with Gasteiger partial charge in [-0.2, -0.15) is 0 Å². The molecule has 0 aliphatic heterocycles. The van der Waals surface area contributed by atoms with E-state index < -0.39 is 11.4 Å². The lowest BCUT2D eigenvalue weighted by Gasteiger charge is -2.38. The Morgan fingerprint density at radius 1 is 1.38 bits per heavy atom. The molecule has 0 bridgehead atoms. The minimum atomic E-state index is -1.09. The molecule has 1 fully saturated rings. The molecule has 76 valence electrons. The maximum absolute atomic E-state index is 11.0. The molecule has 0 saturated heterocycles. The molecule has 0 aromatic carbocycles. The molecule has 2 unspecified atom stereocenters. The third kappa shape index (κ3) is 1.69. The van der Waals surface area contributed by atoms with Gasteiger partial charge in [-0.1, -0.05) is 12.8 Å². The molecule has 13 heavy (non-hydrogen) atoms. The van der Waals surface area contributed by atoms with E-state index in [4.69, 9.17) is 15.3 Å². The molecule has 0 heterocycles. The fourth-order valence-corrected chi connectivity index (χ4v) is 2.13. The van der Waals surface area contributed by atoms with Crippen LogP contribution in [0.15, 0.2) is 0 Å². The highest BCUT2D eigenvalue weighted by Gasteiger charge is 2.46. The van der Waals surface area contributed by atoms with E-state index in [1.807, 2.05) is 0 Å². The number of aliphatic hydroxyl groups excluding tert-OH is 2. The lowest BCUT2D eigenvalue weighted by molar-refractivity contribution is -0.160. The van der Waals surface area contributed by atoms with Gasteiger partial charge in [0.25, 0.3) is 0 Å². The molecule has 1 saturated carbocycles. The average Bonchev–Trinajstić information content (AvgIpc) is 2.17. The van der Waals surface area contributed by atoms with Crippen LogP contribution in [-0.4, -0.2) is 34.5 Å². The Labute approximate surface area is 77.2 Å². The molecule has 1 aliphatic rings. The molecule has 0 radical (unpaired) electrons. The first-order chi connectivity index (χ1) is 6.17. The van der Waals surface area contributed by atoms with Gasteiger partial charge in [0.05, 0.1) is 12.0 Å². The van der Waals surface area contributed by atoms with Crippen LogP contribution >= 0.6 is 0 Å². The van der Waals surface area contributed by atoms with Crippen LogP contribution in [0.25, 0.3) is 0 Å². The summed E-state index contributed by atoms with van der Waals surface area (Å²) in [5.74, 6) is -1.27. The Balaban J connectivity index is 2.84. The number of hydrogen-bond acceptors (Lipinski definition) is 3. The zero-order valence-electron chi connectivity index (χ0n) is 7.57. The maximum atomic E-state index is 11.0. The molecule has 1 rings (SSSR count). The van der Waals surface area contributed by atoms with Crippen LogP contribution in [0.4, 0.5) is 0 Å². The van der Waals surface area contributed by atoms with Crippen molar-refractivity contribution in [2.45, 2.75) is 25.7 Å². The Kier molecular flexibility index (Phi) is 3.27. The van der Waals surface area contributed by atoms with E-state index in [0.717, 1.165) is 12.8 Å². The summed E-state index contributed by atoms with van der Waals surface area (Å²) in [6.07, 6.45) is 2.94. The number of carbonyl (C=O) groups is 1. The van der Waals surface area contributed by atoms with Gasteiger partial charge in [-0.3, -0.25) is 4.79 Å². The van der Waals surface area contributed by atoms with Crippen molar-refractivity contribution in [3.05, 3.63) is 0 Å². The summed E-state index contributed by atoms with van der Waals surface area (Å²) in [6, 6.07) is 0. The van der Waals surface area contributed by atoms with E-state index in [1.165, 1.54) is 0 Å². The van der Waals surface area contributed by atoms with Gasteiger partial charge >= 0.3 is 5.97 Å². The molecule has 0 amide bonds. The largest absolute Gasteiger partial charge is 0.481 e. The fraction of sp³-hybridized carbons (Fsp3) is 0.889. The standard InChI is InChI=1S/C9H16O4/c10-5-7-3-1-2-4-9(7,6-11)8(12)13/h7,10-11H,1-6H2,(H,12,13). The highest BCUT2D eigenvalue weighted by atomic mass is 16.4. The van der Waals surface area contributed by atoms with Gasteiger partial charge in [0.15, 0.2) is 0 Å². The molecule has 1 aliphatic carbocycles. The van der Waals surface area contributed by atoms with Gasteiger partial charge in [-0.15, -0.1) is 0 Å². The Morgan fingerprint density at radius 3 is 2.46 bits per heavy atom. The van der Waals surface area contributed by atoms with Gasteiger partial charge in [0.2, 0.25) is 0 Å². The average molecular weight is 188 g/mol. The van der Waals surface area contributed by atoms with Crippen LogP contribution in [0.1, 0.15) is 25.7 Å². The van der Waals surface area contributed by atoms with Gasteiger partial charge in [0.1, 0.15) is 0 Å². The minimum Gasteiger partial charge on any atom is -0.481 e. The first-order valence-electron chi connectivity index (χ1n) is 4.62. The molecular weight excluding hydrogens is 172 g/mol. The van der Waals surface area contributed by atoms with Crippen LogP contribution in [0.2, 0.25) is 0 Å². The molecule has 0 aromatic heterocycles. The van der Waals surface area contributed by atoms with Gasteiger partial charge in [-0.25, -0.2) is 0 Å². The van der Waals surface area contributed by atoms with Crippen LogP contribution < -0.4 is 0 Å². The zero-order chi connectivity index (χ0) is 9.90. The number of rotatable bonds is 3. The van der Waals surface area contributed by atoms with Crippen LogP contribution in [0.5, 0.6) is 0 Å². The summed E-state index contributed by atoms with van der Waals surface area (Å²) >= 11 is 0. The Hall–Kier alpha value is -0.610. The van der Waals surface area contributed by atoms with E-state index >= 15 is 0 Å². The molecule has 4 nitrogen and oxygen atoms in total. The van der Waals surface area contributed by atoms with Crippen molar-refractivity contribution >= 4 is 5.97 Å². The third-order valence-corrected chi connectivity index (χ3v) is 3.14. The molecule has 3 N–H and O–H groups in total. The van der Waals surface area contributed by atoms with Crippen molar-refractivity contribution in [3.8, 4) is 0 Å². The summed E-state index contributed by atoms with van der Waals surface area (Å²) in [7, 11) is 0. The van der Waals surface area contributed by atoms with Gasteiger partial charge in [0, 0.05) is 12.5 Å². The summed E-state index contributed by atoms with van der Waals surface area (Å²) in [4.78, 5) is 11.0. The monoisotopic (exact) mass is 188 g/mol. The van der Waals surface area contributed by atoms with E-state index in [2.05, 4.69) is 0 Å². The number of aliphatic hydroxyl groups is 2. The third-order valence-electron chi connectivity index (χ3n) is 3.14. The van der Waals surface area contributed by atoms with E-state index in [1.54, 1.807) is 0 Å². The zero-order valence-corrected chi connectivity index (χ0v) is 7.57. The molecule has 2 atom stereocenters. The normalized spacial score (nSPS) is 34.5. The first-order valence-corrected chi connectivity index (χ1v) is 4.62. The second-order valence-electron chi connectivity index (χ2n) is 3.74. The minimum absolute atomic E-state index is 0.146. The summed E-state index contributed by atoms with van der Waals surface area (Å²) in [5, 5.41) is 27.2. The van der Waals surface area contributed by atoms with Gasteiger partial charge in [-0.05, 0) is 12.8 Å². The highest BCUT2D eigenvalue weighted by Crippen LogP contribution is 2.40. The summed E-state index contributed by atoms with van der Waals surface area (Å²) in [5.41, 5.74) is -1.09. The maximum Gasteiger partial charge on any atom is 0.312 e. The summed E-state index contributed by atoms with van der Waals surface area (Å²) in [6.45, 7) is -0.513. The number of hydrogen-bond donors (Lipinski definition) is 3.